The molecule has 0 saturated carbocycles. The van der Waals surface area contributed by atoms with Crippen molar-refractivity contribution in [3.63, 3.8) is 0 Å². The standard InChI is InChI=1S/C7H18N2/c1-6(8-3)5-7(2)9-4/h6-9H,5H2,1-4H3/t6-,7+. The topological polar surface area (TPSA) is 24.1 Å². The Morgan fingerprint density at radius 2 is 1.33 bits per heavy atom. The van der Waals surface area contributed by atoms with Crippen LogP contribution in [0.1, 0.15) is 20.3 Å². The van der Waals surface area contributed by atoms with E-state index in [1.54, 1.807) is 0 Å². The Morgan fingerprint density at radius 3 is 1.56 bits per heavy atom. The van der Waals surface area contributed by atoms with Gasteiger partial charge in [-0.05, 0) is 34.4 Å². The fraction of sp³-hybridized carbons (Fsp3) is 1.00. The van der Waals surface area contributed by atoms with E-state index < -0.39 is 0 Å². The number of hydrogen-bond acceptors (Lipinski definition) is 2. The molecule has 0 aromatic carbocycles. The predicted octanol–water partition coefficient (Wildman–Crippen LogP) is 0.592. The summed E-state index contributed by atoms with van der Waals surface area (Å²) < 4.78 is 0. The van der Waals surface area contributed by atoms with Crippen molar-refractivity contribution in [3.8, 4) is 0 Å². The normalized spacial score (nSPS) is 17.3. The Hall–Kier alpha value is -0.0800. The first-order valence-corrected chi connectivity index (χ1v) is 3.55. The van der Waals surface area contributed by atoms with E-state index in [0.29, 0.717) is 12.1 Å². The van der Waals surface area contributed by atoms with Gasteiger partial charge in [-0.1, -0.05) is 0 Å². The van der Waals surface area contributed by atoms with Crippen LogP contribution in [0.5, 0.6) is 0 Å². The van der Waals surface area contributed by atoms with E-state index in [1.807, 2.05) is 14.1 Å². The molecule has 2 atom stereocenters. The third kappa shape index (κ3) is 4.43. The molecule has 2 nitrogen and oxygen atoms in total. The summed E-state index contributed by atoms with van der Waals surface area (Å²) in [5, 5.41) is 6.38. The van der Waals surface area contributed by atoms with E-state index in [9.17, 15) is 0 Å². The predicted molar refractivity (Wildman–Crippen MR) is 41.7 cm³/mol. The molecule has 0 radical (unpaired) electrons. The molecule has 0 saturated heterocycles. The van der Waals surface area contributed by atoms with E-state index in [4.69, 9.17) is 0 Å². The van der Waals surface area contributed by atoms with Crippen molar-refractivity contribution >= 4 is 0 Å². The molecule has 2 N–H and O–H groups in total. The lowest BCUT2D eigenvalue weighted by Crippen LogP contribution is -2.31. The first-order valence-electron chi connectivity index (χ1n) is 3.55. The SMILES string of the molecule is CN[C@H](C)C[C@H](C)NC. The first kappa shape index (κ1) is 8.92. The lowest BCUT2D eigenvalue weighted by Gasteiger charge is -2.15. The van der Waals surface area contributed by atoms with Crippen LogP contribution in [0.2, 0.25) is 0 Å². The molecule has 9 heavy (non-hydrogen) atoms. The molecule has 0 aliphatic rings. The molecule has 0 aliphatic heterocycles. The van der Waals surface area contributed by atoms with Gasteiger partial charge < -0.3 is 10.6 Å². The fourth-order valence-electron chi connectivity index (χ4n) is 0.766. The highest BCUT2D eigenvalue weighted by Gasteiger charge is 2.02. The highest BCUT2D eigenvalue weighted by atomic mass is 14.9. The summed E-state index contributed by atoms with van der Waals surface area (Å²) in [4.78, 5) is 0. The first-order chi connectivity index (χ1) is 4.20. The molecule has 0 aliphatic carbocycles. The molecule has 0 fully saturated rings. The maximum atomic E-state index is 3.19. The Balaban J connectivity index is 3.22. The summed E-state index contributed by atoms with van der Waals surface area (Å²) in [6, 6.07) is 1.24. The van der Waals surface area contributed by atoms with Crippen LogP contribution in [0.15, 0.2) is 0 Å². The summed E-state index contributed by atoms with van der Waals surface area (Å²) in [5.74, 6) is 0. The molecule has 0 heterocycles. The molecule has 0 bridgehead atoms. The van der Waals surface area contributed by atoms with Crippen molar-refractivity contribution in [2.45, 2.75) is 32.4 Å². The van der Waals surface area contributed by atoms with E-state index in [2.05, 4.69) is 24.5 Å². The molecule has 0 aromatic heterocycles. The van der Waals surface area contributed by atoms with Gasteiger partial charge in [0.1, 0.15) is 0 Å². The maximum Gasteiger partial charge on any atom is 0.00504 e. The van der Waals surface area contributed by atoms with Crippen LogP contribution in [0.4, 0.5) is 0 Å². The molecule has 56 valence electrons. The molecule has 0 amide bonds. The summed E-state index contributed by atoms with van der Waals surface area (Å²) in [5.41, 5.74) is 0. The zero-order valence-electron chi connectivity index (χ0n) is 6.86. The quantitative estimate of drug-likeness (QED) is 0.582. The number of rotatable bonds is 4. The van der Waals surface area contributed by atoms with Crippen molar-refractivity contribution in [1.82, 2.24) is 10.6 Å². The Bertz CT molecular complexity index is 55.9. The minimum absolute atomic E-state index is 0.618. The van der Waals surface area contributed by atoms with Gasteiger partial charge in [-0.25, -0.2) is 0 Å². The third-order valence-electron chi connectivity index (χ3n) is 1.69. The molecular weight excluding hydrogens is 112 g/mol. The lowest BCUT2D eigenvalue weighted by atomic mass is 10.1. The van der Waals surface area contributed by atoms with Crippen LogP contribution in [0.25, 0.3) is 0 Å². The second kappa shape index (κ2) is 4.77. The second-order valence-corrected chi connectivity index (χ2v) is 2.62. The molecule has 0 rings (SSSR count). The number of nitrogens with one attached hydrogen (secondary N) is 2. The monoisotopic (exact) mass is 130 g/mol. The average molecular weight is 130 g/mol. The minimum atomic E-state index is 0.618. The van der Waals surface area contributed by atoms with Crippen molar-refractivity contribution in [1.29, 1.82) is 0 Å². The van der Waals surface area contributed by atoms with Crippen molar-refractivity contribution in [3.05, 3.63) is 0 Å². The van der Waals surface area contributed by atoms with Crippen LogP contribution in [-0.4, -0.2) is 26.2 Å². The van der Waals surface area contributed by atoms with E-state index in [-0.39, 0.29) is 0 Å². The van der Waals surface area contributed by atoms with Gasteiger partial charge in [0, 0.05) is 12.1 Å². The largest absolute Gasteiger partial charge is 0.317 e. The maximum absolute atomic E-state index is 3.19. The number of hydrogen-bond donors (Lipinski definition) is 2. The van der Waals surface area contributed by atoms with Crippen LogP contribution >= 0.6 is 0 Å². The second-order valence-electron chi connectivity index (χ2n) is 2.62. The smallest absolute Gasteiger partial charge is 0.00504 e. The molecule has 0 aromatic rings. The third-order valence-corrected chi connectivity index (χ3v) is 1.69. The summed E-state index contributed by atoms with van der Waals surface area (Å²) in [6.07, 6.45) is 1.19. The van der Waals surface area contributed by atoms with E-state index in [1.165, 1.54) is 6.42 Å². The molecule has 0 unspecified atom stereocenters. The molecule has 2 heteroatoms. The average Bonchev–Trinajstić information content (AvgIpc) is 1.87. The Labute approximate surface area is 58.0 Å². The van der Waals surface area contributed by atoms with E-state index >= 15 is 0 Å². The lowest BCUT2D eigenvalue weighted by molar-refractivity contribution is 0.469. The zero-order chi connectivity index (χ0) is 7.28. The van der Waals surface area contributed by atoms with Gasteiger partial charge in [0.25, 0.3) is 0 Å². The summed E-state index contributed by atoms with van der Waals surface area (Å²) in [6.45, 7) is 4.38. The Kier molecular flexibility index (Phi) is 4.72. The van der Waals surface area contributed by atoms with Crippen molar-refractivity contribution in [2.75, 3.05) is 14.1 Å². The summed E-state index contributed by atoms with van der Waals surface area (Å²) in [7, 11) is 3.99. The molecular formula is C7H18N2. The van der Waals surface area contributed by atoms with Gasteiger partial charge in [0.2, 0.25) is 0 Å². The van der Waals surface area contributed by atoms with Crippen molar-refractivity contribution in [2.24, 2.45) is 0 Å². The van der Waals surface area contributed by atoms with Crippen molar-refractivity contribution < 1.29 is 0 Å². The van der Waals surface area contributed by atoms with Gasteiger partial charge in [-0.3, -0.25) is 0 Å². The minimum Gasteiger partial charge on any atom is -0.317 e. The molecule has 0 spiro atoms. The Morgan fingerprint density at radius 1 is 1.00 bits per heavy atom. The summed E-state index contributed by atoms with van der Waals surface area (Å²) >= 11 is 0. The van der Waals surface area contributed by atoms with Crippen LogP contribution < -0.4 is 10.6 Å². The van der Waals surface area contributed by atoms with Crippen LogP contribution in [0, 0.1) is 0 Å². The van der Waals surface area contributed by atoms with Gasteiger partial charge in [0.15, 0.2) is 0 Å². The van der Waals surface area contributed by atoms with Gasteiger partial charge in [0.05, 0.1) is 0 Å². The highest BCUT2D eigenvalue weighted by molar-refractivity contribution is 4.65. The zero-order valence-corrected chi connectivity index (χ0v) is 6.86. The van der Waals surface area contributed by atoms with Crippen LogP contribution in [-0.2, 0) is 0 Å². The van der Waals surface area contributed by atoms with Gasteiger partial charge in [-0.15, -0.1) is 0 Å². The highest BCUT2D eigenvalue weighted by Crippen LogP contribution is 1.94. The van der Waals surface area contributed by atoms with Gasteiger partial charge >= 0.3 is 0 Å². The van der Waals surface area contributed by atoms with Crippen LogP contribution in [0.3, 0.4) is 0 Å². The van der Waals surface area contributed by atoms with E-state index in [0.717, 1.165) is 0 Å². The van der Waals surface area contributed by atoms with Gasteiger partial charge in [-0.2, -0.15) is 0 Å². The fourth-order valence-corrected chi connectivity index (χ4v) is 0.766.